The quantitative estimate of drug-likeness (QED) is 0.819. The highest BCUT2D eigenvalue weighted by Crippen LogP contribution is 2.21. The van der Waals surface area contributed by atoms with E-state index in [9.17, 15) is 14.7 Å². The molecule has 0 bridgehead atoms. The summed E-state index contributed by atoms with van der Waals surface area (Å²) in [5, 5.41) is 9.22. The molecule has 0 aromatic heterocycles. The van der Waals surface area contributed by atoms with Crippen molar-refractivity contribution in [2.75, 3.05) is 6.54 Å². The first kappa shape index (κ1) is 12.5. The van der Waals surface area contributed by atoms with Gasteiger partial charge < -0.3 is 5.11 Å². The molecule has 4 heteroatoms. The van der Waals surface area contributed by atoms with E-state index >= 15 is 0 Å². The number of Topliss-reactive ketones (excluding diaryl/α,β-unsaturated/α-hetero) is 1. The molecule has 0 aliphatic carbocycles. The van der Waals surface area contributed by atoms with Crippen LogP contribution in [-0.2, 0) is 16.1 Å². The lowest BCUT2D eigenvalue weighted by atomic mass is 9.95. The minimum absolute atomic E-state index is 0.147. The van der Waals surface area contributed by atoms with Gasteiger partial charge >= 0.3 is 5.97 Å². The van der Waals surface area contributed by atoms with Gasteiger partial charge in [-0.05, 0) is 5.56 Å². The van der Waals surface area contributed by atoms with Crippen LogP contribution >= 0.6 is 0 Å². The number of ketones is 1. The van der Waals surface area contributed by atoms with Crippen LogP contribution in [0.15, 0.2) is 42.5 Å². The zero-order valence-electron chi connectivity index (χ0n) is 10.0. The van der Waals surface area contributed by atoms with E-state index in [1.807, 2.05) is 30.3 Å². The van der Waals surface area contributed by atoms with E-state index in [1.165, 1.54) is 0 Å². The number of aliphatic carboxylic acids is 1. The van der Waals surface area contributed by atoms with Crippen molar-refractivity contribution in [3.63, 3.8) is 0 Å². The number of piperidine rings is 1. The standard InChI is InChI=1S/C14H15NO3/c1-10-12(16)7-8-15(13(10)14(17)18)9-11-5-3-2-4-6-11/h2-6,13H,1,7-9H2,(H,17,18). The summed E-state index contributed by atoms with van der Waals surface area (Å²) in [6, 6.07) is 8.73. The molecule has 18 heavy (non-hydrogen) atoms. The van der Waals surface area contributed by atoms with E-state index in [2.05, 4.69) is 6.58 Å². The van der Waals surface area contributed by atoms with Crippen LogP contribution in [0.25, 0.3) is 0 Å². The lowest BCUT2D eigenvalue weighted by Crippen LogP contribution is -2.48. The molecular formula is C14H15NO3. The number of rotatable bonds is 3. The number of carboxylic acids is 1. The number of carbonyl (C=O) groups is 2. The van der Waals surface area contributed by atoms with Gasteiger partial charge in [0.05, 0.1) is 0 Å². The summed E-state index contributed by atoms with van der Waals surface area (Å²) in [5.41, 5.74) is 1.22. The summed E-state index contributed by atoms with van der Waals surface area (Å²) in [6.45, 7) is 4.60. The van der Waals surface area contributed by atoms with Gasteiger partial charge in [0.15, 0.2) is 5.78 Å². The highest BCUT2D eigenvalue weighted by Gasteiger charge is 2.35. The molecule has 1 saturated heterocycles. The second kappa shape index (κ2) is 5.14. The topological polar surface area (TPSA) is 57.6 Å². The van der Waals surface area contributed by atoms with Crippen LogP contribution in [0.1, 0.15) is 12.0 Å². The Morgan fingerprint density at radius 1 is 1.39 bits per heavy atom. The third-order valence-electron chi connectivity index (χ3n) is 3.14. The highest BCUT2D eigenvalue weighted by atomic mass is 16.4. The van der Waals surface area contributed by atoms with Crippen LogP contribution < -0.4 is 0 Å². The van der Waals surface area contributed by atoms with Crippen LogP contribution in [0.5, 0.6) is 0 Å². The number of carbonyl (C=O) groups excluding carboxylic acids is 1. The average Bonchev–Trinajstić information content (AvgIpc) is 2.35. The summed E-state index contributed by atoms with van der Waals surface area (Å²) in [7, 11) is 0. The maximum atomic E-state index is 11.5. The predicted octanol–water partition coefficient (Wildman–Crippen LogP) is 1.47. The second-order valence-corrected chi connectivity index (χ2v) is 4.40. The summed E-state index contributed by atoms with van der Waals surface area (Å²) in [5.74, 6) is -1.16. The number of likely N-dealkylation sites (tertiary alicyclic amines) is 1. The van der Waals surface area contributed by atoms with Gasteiger partial charge in [0, 0.05) is 25.1 Å². The van der Waals surface area contributed by atoms with Crippen LogP contribution in [0, 0.1) is 0 Å². The fourth-order valence-electron chi connectivity index (χ4n) is 2.20. The van der Waals surface area contributed by atoms with Crippen LogP contribution in [-0.4, -0.2) is 34.3 Å². The van der Waals surface area contributed by atoms with E-state index in [1.54, 1.807) is 4.90 Å². The summed E-state index contributed by atoms with van der Waals surface area (Å²) in [6.07, 6.45) is 0.343. The molecule has 1 aliphatic heterocycles. The predicted molar refractivity (Wildman–Crippen MR) is 67.0 cm³/mol. The minimum atomic E-state index is -1.01. The molecule has 1 fully saturated rings. The third kappa shape index (κ3) is 2.49. The zero-order valence-corrected chi connectivity index (χ0v) is 10.0. The molecule has 0 radical (unpaired) electrons. The Kier molecular flexibility index (Phi) is 3.58. The molecule has 1 aliphatic rings. The van der Waals surface area contributed by atoms with Crippen LogP contribution in [0.4, 0.5) is 0 Å². The Hall–Kier alpha value is -1.94. The van der Waals surface area contributed by atoms with Crippen molar-refractivity contribution in [3.8, 4) is 0 Å². The Morgan fingerprint density at radius 2 is 2.06 bits per heavy atom. The van der Waals surface area contributed by atoms with Crippen LogP contribution in [0.2, 0.25) is 0 Å². The van der Waals surface area contributed by atoms with E-state index < -0.39 is 12.0 Å². The van der Waals surface area contributed by atoms with Crippen molar-refractivity contribution in [1.82, 2.24) is 4.90 Å². The van der Waals surface area contributed by atoms with Gasteiger partial charge in [-0.3, -0.25) is 14.5 Å². The number of carboxylic acid groups (broad SMARTS) is 1. The van der Waals surface area contributed by atoms with Gasteiger partial charge in [-0.25, -0.2) is 0 Å². The van der Waals surface area contributed by atoms with Gasteiger partial charge in [-0.1, -0.05) is 36.9 Å². The van der Waals surface area contributed by atoms with Crippen molar-refractivity contribution in [2.45, 2.75) is 19.0 Å². The first-order chi connectivity index (χ1) is 8.59. The molecule has 1 aromatic carbocycles. The molecule has 0 saturated carbocycles. The van der Waals surface area contributed by atoms with E-state index in [-0.39, 0.29) is 11.4 Å². The molecule has 1 unspecified atom stereocenters. The second-order valence-electron chi connectivity index (χ2n) is 4.40. The molecule has 0 spiro atoms. The Labute approximate surface area is 106 Å². The van der Waals surface area contributed by atoms with Gasteiger partial charge in [0.25, 0.3) is 0 Å². The molecule has 4 nitrogen and oxygen atoms in total. The summed E-state index contributed by atoms with van der Waals surface area (Å²) in [4.78, 5) is 24.6. The Balaban J connectivity index is 2.18. The van der Waals surface area contributed by atoms with E-state index in [4.69, 9.17) is 0 Å². The fourth-order valence-corrected chi connectivity index (χ4v) is 2.20. The molecule has 1 heterocycles. The SMILES string of the molecule is C=C1C(=O)CCN(Cc2ccccc2)C1C(=O)O. The average molecular weight is 245 g/mol. The largest absolute Gasteiger partial charge is 0.480 e. The lowest BCUT2D eigenvalue weighted by molar-refractivity contribution is -0.144. The normalized spacial score (nSPS) is 21.0. The fraction of sp³-hybridized carbons (Fsp3) is 0.286. The van der Waals surface area contributed by atoms with Gasteiger partial charge in [-0.2, -0.15) is 0 Å². The molecule has 94 valence electrons. The smallest absolute Gasteiger partial charge is 0.325 e. The third-order valence-corrected chi connectivity index (χ3v) is 3.14. The van der Waals surface area contributed by atoms with Gasteiger partial charge in [-0.15, -0.1) is 0 Å². The minimum Gasteiger partial charge on any atom is -0.480 e. The lowest BCUT2D eigenvalue weighted by Gasteiger charge is -2.33. The van der Waals surface area contributed by atoms with Gasteiger partial charge in [0.1, 0.15) is 6.04 Å². The molecule has 1 atom stereocenters. The number of nitrogens with zero attached hydrogens (tertiary/aromatic N) is 1. The molecule has 0 amide bonds. The first-order valence-electron chi connectivity index (χ1n) is 5.82. The van der Waals surface area contributed by atoms with Crippen molar-refractivity contribution in [1.29, 1.82) is 0 Å². The molecule has 2 rings (SSSR count). The van der Waals surface area contributed by atoms with Crippen LogP contribution in [0.3, 0.4) is 0 Å². The first-order valence-corrected chi connectivity index (χ1v) is 5.82. The van der Waals surface area contributed by atoms with Crippen molar-refractivity contribution in [2.24, 2.45) is 0 Å². The Bertz CT molecular complexity index is 481. The molecule has 1 aromatic rings. The zero-order chi connectivity index (χ0) is 13.1. The van der Waals surface area contributed by atoms with Crippen molar-refractivity contribution < 1.29 is 14.7 Å². The maximum Gasteiger partial charge on any atom is 0.325 e. The van der Waals surface area contributed by atoms with Crippen molar-refractivity contribution >= 4 is 11.8 Å². The summed E-state index contributed by atoms with van der Waals surface area (Å²) < 4.78 is 0. The van der Waals surface area contributed by atoms with E-state index in [0.29, 0.717) is 19.5 Å². The van der Waals surface area contributed by atoms with E-state index in [0.717, 1.165) is 5.56 Å². The highest BCUT2D eigenvalue weighted by molar-refractivity contribution is 6.02. The number of hydrogen-bond donors (Lipinski definition) is 1. The summed E-state index contributed by atoms with van der Waals surface area (Å²) >= 11 is 0. The maximum absolute atomic E-state index is 11.5. The van der Waals surface area contributed by atoms with Crippen molar-refractivity contribution in [3.05, 3.63) is 48.0 Å². The number of hydrogen-bond acceptors (Lipinski definition) is 3. The number of benzene rings is 1. The molecular weight excluding hydrogens is 230 g/mol. The molecule has 1 N–H and O–H groups in total. The van der Waals surface area contributed by atoms with Gasteiger partial charge in [0.2, 0.25) is 0 Å². The monoisotopic (exact) mass is 245 g/mol. The Morgan fingerprint density at radius 3 is 2.67 bits per heavy atom.